The van der Waals surface area contributed by atoms with Crippen molar-refractivity contribution in [3.8, 4) is 5.69 Å². The van der Waals surface area contributed by atoms with Gasteiger partial charge in [0.2, 0.25) is 0 Å². The van der Waals surface area contributed by atoms with E-state index < -0.39 is 17.5 Å². The Morgan fingerprint density at radius 2 is 1.70 bits per heavy atom. The van der Waals surface area contributed by atoms with Crippen LogP contribution in [0.2, 0.25) is 0 Å². The number of nitrogens with zero attached hydrogens (tertiary/aromatic N) is 2. The van der Waals surface area contributed by atoms with Crippen molar-refractivity contribution in [3.63, 3.8) is 0 Å². The maximum Gasteiger partial charge on any atom is 0.259 e. The minimum Gasteiger partial charge on any atom is -0.319 e. The summed E-state index contributed by atoms with van der Waals surface area (Å²) in [4.78, 5) is 12.9. The Kier molecular flexibility index (Phi) is 6.79. The van der Waals surface area contributed by atoms with E-state index in [0.29, 0.717) is 11.4 Å². The zero-order chi connectivity index (χ0) is 20.4. The minimum atomic E-state index is -0.728. The molecule has 30 heavy (non-hydrogen) atoms. The number of hydrogen-bond acceptors (Lipinski definition) is 3. The molecule has 2 N–H and O–H groups in total. The van der Waals surface area contributed by atoms with Crippen LogP contribution in [-0.4, -0.2) is 28.8 Å². The third-order valence-electron chi connectivity index (χ3n) is 5.02. The number of piperidine rings is 1. The molecule has 2 heterocycles. The molecule has 0 saturated carbocycles. The highest BCUT2D eigenvalue weighted by molar-refractivity contribution is 6.05. The molecule has 0 radical (unpaired) electrons. The highest BCUT2D eigenvalue weighted by Gasteiger charge is 2.27. The number of anilines is 1. The van der Waals surface area contributed by atoms with Crippen LogP contribution < -0.4 is 10.6 Å². The van der Waals surface area contributed by atoms with E-state index in [0.717, 1.165) is 44.1 Å². The van der Waals surface area contributed by atoms with Crippen molar-refractivity contribution in [2.24, 2.45) is 0 Å². The van der Waals surface area contributed by atoms with Crippen LogP contribution in [0.4, 0.5) is 18.9 Å². The molecule has 5 nitrogen and oxygen atoms in total. The van der Waals surface area contributed by atoms with Crippen LogP contribution in [0.25, 0.3) is 5.69 Å². The zero-order valence-corrected chi connectivity index (χ0v) is 16.7. The van der Waals surface area contributed by atoms with Gasteiger partial charge in [-0.25, -0.2) is 17.9 Å². The summed E-state index contributed by atoms with van der Waals surface area (Å²) in [6.45, 7) is 1.58. The van der Waals surface area contributed by atoms with Crippen LogP contribution in [0.5, 0.6) is 0 Å². The maximum atomic E-state index is 14.0. The Hall–Kier alpha value is -2.84. The molecule has 1 fully saturated rings. The zero-order valence-electron chi connectivity index (χ0n) is 15.9. The molecule has 0 unspecified atom stereocenters. The summed E-state index contributed by atoms with van der Waals surface area (Å²) in [7, 11) is 0. The number of carbonyl (C=O) groups is 1. The third-order valence-corrected chi connectivity index (χ3v) is 5.02. The normalized spacial score (nSPS) is 14.2. The molecule has 158 valence electrons. The van der Waals surface area contributed by atoms with Gasteiger partial charge in [0.25, 0.3) is 5.91 Å². The van der Waals surface area contributed by atoms with Crippen LogP contribution >= 0.6 is 12.4 Å². The number of aromatic nitrogens is 2. The first kappa shape index (κ1) is 21.9. The second-order valence-electron chi connectivity index (χ2n) is 6.93. The molecule has 0 atom stereocenters. The molecule has 2 aromatic carbocycles. The summed E-state index contributed by atoms with van der Waals surface area (Å²) >= 11 is 0. The first-order valence-corrected chi connectivity index (χ1v) is 9.34. The third kappa shape index (κ3) is 4.49. The van der Waals surface area contributed by atoms with Gasteiger partial charge < -0.3 is 10.6 Å². The summed E-state index contributed by atoms with van der Waals surface area (Å²) in [5.41, 5.74) is 1.34. The summed E-state index contributed by atoms with van der Waals surface area (Å²) in [5, 5.41) is 10.1. The van der Waals surface area contributed by atoms with Gasteiger partial charge >= 0.3 is 0 Å². The van der Waals surface area contributed by atoms with Gasteiger partial charge in [-0.3, -0.25) is 4.79 Å². The van der Waals surface area contributed by atoms with E-state index in [1.54, 1.807) is 16.8 Å². The molecule has 3 aromatic rings. The van der Waals surface area contributed by atoms with E-state index in [2.05, 4.69) is 15.7 Å². The second kappa shape index (κ2) is 9.32. The van der Waals surface area contributed by atoms with Gasteiger partial charge in [-0.1, -0.05) is 0 Å². The van der Waals surface area contributed by atoms with Gasteiger partial charge in [0.05, 0.1) is 28.8 Å². The molecular weight excluding hydrogens is 417 g/mol. The molecule has 1 aromatic heterocycles. The molecule has 9 heteroatoms. The number of carbonyl (C=O) groups excluding carboxylic acids is 1. The van der Waals surface area contributed by atoms with E-state index in [9.17, 15) is 18.0 Å². The van der Waals surface area contributed by atoms with E-state index in [-0.39, 0.29) is 35.4 Å². The summed E-state index contributed by atoms with van der Waals surface area (Å²) < 4.78 is 42.4. The van der Waals surface area contributed by atoms with E-state index in [1.165, 1.54) is 18.3 Å². The number of nitrogens with one attached hydrogen (secondary N) is 2. The number of rotatable bonds is 4. The van der Waals surface area contributed by atoms with Crippen LogP contribution in [0.15, 0.2) is 48.7 Å². The van der Waals surface area contributed by atoms with Crippen LogP contribution in [0.1, 0.15) is 34.8 Å². The largest absolute Gasteiger partial charge is 0.319 e. The molecule has 4 rings (SSSR count). The van der Waals surface area contributed by atoms with Crippen molar-refractivity contribution in [1.82, 2.24) is 15.1 Å². The Bertz CT molecular complexity index is 1030. The Labute approximate surface area is 177 Å². The SMILES string of the molecule is Cl.O=C(Nc1cc(F)ccc1F)c1cnn(-c2ccc(F)cc2)c1C1CCNCC1. The highest BCUT2D eigenvalue weighted by Crippen LogP contribution is 2.31. The van der Waals surface area contributed by atoms with Crippen molar-refractivity contribution in [2.75, 3.05) is 18.4 Å². The molecule has 0 spiro atoms. The molecule has 0 bridgehead atoms. The average molecular weight is 437 g/mol. The minimum absolute atomic E-state index is 0. The predicted molar refractivity (Wildman–Crippen MR) is 110 cm³/mol. The fourth-order valence-electron chi connectivity index (χ4n) is 3.59. The number of hydrogen-bond donors (Lipinski definition) is 2. The predicted octanol–water partition coefficient (Wildman–Crippen LogP) is 4.43. The van der Waals surface area contributed by atoms with Crippen LogP contribution in [0, 0.1) is 17.5 Å². The Balaban J connectivity index is 0.00000256. The smallest absolute Gasteiger partial charge is 0.259 e. The van der Waals surface area contributed by atoms with Crippen molar-refractivity contribution in [3.05, 3.63) is 77.4 Å². The molecule has 1 aliphatic rings. The molecular formula is C21H20ClF3N4O. The number of amides is 1. The quantitative estimate of drug-likeness (QED) is 0.636. The lowest BCUT2D eigenvalue weighted by atomic mass is 9.91. The van der Waals surface area contributed by atoms with Crippen molar-refractivity contribution >= 4 is 24.0 Å². The fourth-order valence-corrected chi connectivity index (χ4v) is 3.59. The molecule has 0 aliphatic carbocycles. The first-order chi connectivity index (χ1) is 14.0. The number of benzene rings is 2. The average Bonchev–Trinajstić information content (AvgIpc) is 3.17. The van der Waals surface area contributed by atoms with E-state index >= 15 is 0 Å². The van der Waals surface area contributed by atoms with Gasteiger partial charge in [-0.2, -0.15) is 5.10 Å². The first-order valence-electron chi connectivity index (χ1n) is 9.34. The fraction of sp³-hybridized carbons (Fsp3) is 0.238. The lowest BCUT2D eigenvalue weighted by molar-refractivity contribution is 0.102. The maximum absolute atomic E-state index is 14.0. The highest BCUT2D eigenvalue weighted by atomic mass is 35.5. The molecule has 1 amide bonds. The van der Waals surface area contributed by atoms with Gasteiger partial charge in [-0.05, 0) is 62.3 Å². The number of halogens is 4. The molecule has 1 saturated heterocycles. The lowest BCUT2D eigenvalue weighted by Crippen LogP contribution is -2.29. The van der Waals surface area contributed by atoms with E-state index in [4.69, 9.17) is 0 Å². The van der Waals surface area contributed by atoms with Crippen molar-refractivity contribution in [1.29, 1.82) is 0 Å². The second-order valence-corrected chi connectivity index (χ2v) is 6.93. The van der Waals surface area contributed by atoms with Gasteiger partial charge in [0.1, 0.15) is 17.5 Å². The van der Waals surface area contributed by atoms with Gasteiger partial charge in [0.15, 0.2) is 0 Å². The summed E-state index contributed by atoms with van der Waals surface area (Å²) in [6.07, 6.45) is 3.00. The lowest BCUT2D eigenvalue weighted by Gasteiger charge is -2.24. The topological polar surface area (TPSA) is 59.0 Å². The summed E-state index contributed by atoms with van der Waals surface area (Å²) in [6, 6.07) is 8.69. The standard InChI is InChI=1S/C21H19F3N4O.ClH/c22-14-1-4-16(5-2-14)28-20(13-7-9-25-10-8-13)17(12-26-28)21(29)27-19-11-15(23)3-6-18(19)24;/h1-6,11-13,25H,7-10H2,(H,27,29);1H. The van der Waals surface area contributed by atoms with Gasteiger partial charge in [0, 0.05) is 12.0 Å². The molecule has 1 aliphatic heterocycles. The van der Waals surface area contributed by atoms with Crippen molar-refractivity contribution in [2.45, 2.75) is 18.8 Å². The monoisotopic (exact) mass is 436 g/mol. The Morgan fingerprint density at radius 1 is 1.03 bits per heavy atom. The summed E-state index contributed by atoms with van der Waals surface area (Å²) in [5.74, 6) is -2.28. The van der Waals surface area contributed by atoms with Gasteiger partial charge in [-0.15, -0.1) is 12.4 Å². The Morgan fingerprint density at radius 3 is 2.40 bits per heavy atom. The van der Waals surface area contributed by atoms with Crippen LogP contribution in [-0.2, 0) is 0 Å². The van der Waals surface area contributed by atoms with E-state index in [1.807, 2.05) is 0 Å². The van der Waals surface area contributed by atoms with Crippen LogP contribution in [0.3, 0.4) is 0 Å². The van der Waals surface area contributed by atoms with Crippen molar-refractivity contribution < 1.29 is 18.0 Å².